The maximum atomic E-state index is 13.5. The summed E-state index contributed by atoms with van der Waals surface area (Å²) in [4.78, 5) is 5.84. The molecule has 1 aromatic carbocycles. The zero-order valence-electron chi connectivity index (χ0n) is 11.1. The van der Waals surface area contributed by atoms with E-state index in [0.29, 0.717) is 12.1 Å². The zero-order chi connectivity index (χ0) is 13.0. The van der Waals surface area contributed by atoms with Crippen molar-refractivity contribution < 1.29 is 9.50 Å². The zero-order valence-corrected chi connectivity index (χ0v) is 11.9. The molecule has 3 heterocycles. The molecule has 0 spiro atoms. The van der Waals surface area contributed by atoms with E-state index in [2.05, 4.69) is 9.88 Å². The van der Waals surface area contributed by atoms with Gasteiger partial charge in [0.05, 0.1) is 6.61 Å². The first kappa shape index (κ1) is 13.9. The van der Waals surface area contributed by atoms with Gasteiger partial charge in [0, 0.05) is 41.6 Å². The largest absolute Gasteiger partial charge is 0.395 e. The molecule has 3 nitrogen and oxygen atoms in total. The molecule has 2 aliphatic rings. The van der Waals surface area contributed by atoms with E-state index in [4.69, 9.17) is 0 Å². The Bertz CT molecular complexity index is 642. The molecule has 2 aromatic rings. The lowest BCUT2D eigenvalue weighted by Crippen LogP contribution is -2.39. The number of rotatable bonds is 2. The van der Waals surface area contributed by atoms with Gasteiger partial charge >= 0.3 is 0 Å². The third kappa shape index (κ3) is 1.86. The highest BCUT2D eigenvalue weighted by atomic mass is 35.5. The van der Waals surface area contributed by atoms with Gasteiger partial charge in [0.1, 0.15) is 5.82 Å². The summed E-state index contributed by atoms with van der Waals surface area (Å²) in [6.07, 6.45) is 3.27. The summed E-state index contributed by atoms with van der Waals surface area (Å²) in [5.41, 5.74) is 3.56. The number of nitrogens with zero attached hydrogens (tertiary/aromatic N) is 1. The van der Waals surface area contributed by atoms with Crippen LogP contribution in [0.3, 0.4) is 0 Å². The van der Waals surface area contributed by atoms with E-state index in [9.17, 15) is 9.50 Å². The monoisotopic (exact) mass is 296 g/mol. The van der Waals surface area contributed by atoms with E-state index < -0.39 is 0 Å². The summed E-state index contributed by atoms with van der Waals surface area (Å²) in [5.74, 6) is -0.178. The molecule has 108 valence electrons. The van der Waals surface area contributed by atoms with Gasteiger partial charge in [0.25, 0.3) is 0 Å². The second kappa shape index (κ2) is 5.02. The first-order valence-electron chi connectivity index (χ1n) is 6.94. The third-order valence-electron chi connectivity index (χ3n) is 4.66. The van der Waals surface area contributed by atoms with Crippen molar-refractivity contribution in [3.63, 3.8) is 0 Å². The Balaban J connectivity index is 0.00000121. The molecule has 20 heavy (non-hydrogen) atoms. The van der Waals surface area contributed by atoms with Gasteiger partial charge in [-0.1, -0.05) is 0 Å². The molecule has 2 atom stereocenters. The van der Waals surface area contributed by atoms with Crippen molar-refractivity contribution in [2.75, 3.05) is 13.2 Å². The van der Waals surface area contributed by atoms with Crippen LogP contribution in [-0.2, 0) is 6.42 Å². The minimum atomic E-state index is -0.178. The van der Waals surface area contributed by atoms with E-state index in [1.807, 2.05) is 6.07 Å². The second-order valence-corrected chi connectivity index (χ2v) is 5.62. The Kier molecular flexibility index (Phi) is 3.48. The molecule has 1 aromatic heterocycles. The van der Waals surface area contributed by atoms with Gasteiger partial charge in [0.15, 0.2) is 0 Å². The number of hydrogen-bond donors (Lipinski definition) is 2. The van der Waals surface area contributed by atoms with Gasteiger partial charge in [-0.05, 0) is 36.6 Å². The summed E-state index contributed by atoms with van der Waals surface area (Å²) in [7, 11) is 0. The van der Waals surface area contributed by atoms with Gasteiger partial charge in [-0.3, -0.25) is 4.90 Å². The maximum Gasteiger partial charge on any atom is 0.123 e. The minimum Gasteiger partial charge on any atom is -0.395 e. The summed E-state index contributed by atoms with van der Waals surface area (Å²) in [6, 6.07) is 5.85. The number of aromatic nitrogens is 1. The topological polar surface area (TPSA) is 39.3 Å². The molecule has 5 heteroatoms. The van der Waals surface area contributed by atoms with Crippen LogP contribution in [0.4, 0.5) is 4.39 Å². The van der Waals surface area contributed by atoms with Gasteiger partial charge in [-0.15, -0.1) is 12.4 Å². The van der Waals surface area contributed by atoms with Crippen LogP contribution in [-0.4, -0.2) is 34.2 Å². The predicted molar refractivity (Wildman–Crippen MR) is 78.8 cm³/mol. The van der Waals surface area contributed by atoms with Crippen molar-refractivity contribution in [2.24, 2.45) is 0 Å². The van der Waals surface area contributed by atoms with Gasteiger partial charge < -0.3 is 10.1 Å². The Morgan fingerprint density at radius 2 is 2.20 bits per heavy atom. The van der Waals surface area contributed by atoms with Crippen molar-refractivity contribution in [1.29, 1.82) is 0 Å². The lowest BCUT2D eigenvalue weighted by Gasteiger charge is -2.34. The normalized spacial score (nSPS) is 24.7. The fraction of sp³-hybridized carbons (Fsp3) is 0.467. The van der Waals surface area contributed by atoms with E-state index in [1.165, 1.54) is 23.7 Å². The smallest absolute Gasteiger partial charge is 0.123 e. The molecule has 4 rings (SSSR count). The quantitative estimate of drug-likeness (QED) is 0.894. The number of aliphatic hydroxyl groups excluding tert-OH is 1. The molecule has 2 N–H and O–H groups in total. The molecular formula is C15H18ClFN2O. The highest BCUT2D eigenvalue weighted by Crippen LogP contribution is 2.46. The Morgan fingerprint density at radius 3 is 3.00 bits per heavy atom. The third-order valence-corrected chi connectivity index (χ3v) is 4.66. The molecule has 0 radical (unpaired) electrons. The van der Waals surface area contributed by atoms with Crippen LogP contribution in [0, 0.1) is 5.82 Å². The van der Waals surface area contributed by atoms with Crippen LogP contribution >= 0.6 is 12.4 Å². The molecular weight excluding hydrogens is 279 g/mol. The fourth-order valence-corrected chi connectivity index (χ4v) is 3.94. The second-order valence-electron chi connectivity index (χ2n) is 5.62. The van der Waals surface area contributed by atoms with E-state index in [-0.39, 0.29) is 24.8 Å². The van der Waals surface area contributed by atoms with Gasteiger partial charge in [-0.25, -0.2) is 4.39 Å². The van der Waals surface area contributed by atoms with E-state index in [1.54, 1.807) is 6.07 Å². The summed E-state index contributed by atoms with van der Waals surface area (Å²) >= 11 is 0. The van der Waals surface area contributed by atoms with Crippen molar-refractivity contribution in [2.45, 2.75) is 31.3 Å². The van der Waals surface area contributed by atoms with E-state index >= 15 is 0 Å². The highest BCUT2D eigenvalue weighted by molar-refractivity contribution is 5.86. The average Bonchev–Trinajstić information content (AvgIpc) is 2.87. The highest BCUT2D eigenvalue weighted by Gasteiger charge is 2.41. The number of H-pyrrole nitrogens is 1. The first-order valence-corrected chi connectivity index (χ1v) is 6.94. The number of hydrogen-bond acceptors (Lipinski definition) is 2. The number of aliphatic hydroxyl groups is 1. The first-order chi connectivity index (χ1) is 9.28. The molecule has 1 saturated heterocycles. The Labute approximate surface area is 123 Å². The van der Waals surface area contributed by atoms with Crippen molar-refractivity contribution in [3.8, 4) is 0 Å². The number of nitrogens with one attached hydrogen (secondary N) is 1. The number of benzene rings is 1. The molecule has 1 fully saturated rings. The van der Waals surface area contributed by atoms with Crippen LogP contribution in [0.15, 0.2) is 18.2 Å². The fourth-order valence-electron chi connectivity index (χ4n) is 3.94. The minimum absolute atomic E-state index is 0. The average molecular weight is 297 g/mol. The van der Waals surface area contributed by atoms with Crippen LogP contribution in [0.1, 0.15) is 30.1 Å². The van der Waals surface area contributed by atoms with Gasteiger partial charge in [0.2, 0.25) is 0 Å². The van der Waals surface area contributed by atoms with Crippen molar-refractivity contribution in [1.82, 2.24) is 9.88 Å². The van der Waals surface area contributed by atoms with E-state index in [0.717, 1.165) is 30.3 Å². The Hall–Kier alpha value is -1.10. The SMILES string of the molecule is Cl.OCCN1C2CCC1c1c([nH]c3ccc(F)cc13)C2. The van der Waals surface area contributed by atoms with Crippen LogP contribution in [0.25, 0.3) is 10.9 Å². The molecule has 0 aliphatic carbocycles. The van der Waals surface area contributed by atoms with Crippen LogP contribution in [0.2, 0.25) is 0 Å². The molecule has 2 aliphatic heterocycles. The maximum absolute atomic E-state index is 13.5. The molecule has 0 saturated carbocycles. The van der Waals surface area contributed by atoms with Crippen molar-refractivity contribution in [3.05, 3.63) is 35.3 Å². The standard InChI is InChI=1S/C15H17FN2O.ClH/c16-9-1-3-12-11(7-9)15-13(17-12)8-10-2-4-14(15)18(10)5-6-19;/h1,3,7,10,14,17,19H,2,4-6,8H2;1H. The lowest BCUT2D eigenvalue weighted by molar-refractivity contribution is 0.136. The van der Waals surface area contributed by atoms with Crippen molar-refractivity contribution >= 4 is 23.3 Å². The summed E-state index contributed by atoms with van der Waals surface area (Å²) in [5, 5.41) is 10.2. The van der Waals surface area contributed by atoms with Crippen LogP contribution < -0.4 is 0 Å². The molecule has 0 amide bonds. The number of aromatic amines is 1. The van der Waals surface area contributed by atoms with Crippen LogP contribution in [0.5, 0.6) is 0 Å². The summed E-state index contributed by atoms with van der Waals surface area (Å²) < 4.78 is 13.5. The predicted octanol–water partition coefficient (Wildman–Crippen LogP) is 2.78. The summed E-state index contributed by atoms with van der Waals surface area (Å²) in [6.45, 7) is 0.913. The Morgan fingerprint density at radius 1 is 1.35 bits per heavy atom. The van der Waals surface area contributed by atoms with Gasteiger partial charge in [-0.2, -0.15) is 0 Å². The molecule has 2 unspecified atom stereocenters. The number of fused-ring (bicyclic) bond motifs is 6. The molecule has 2 bridgehead atoms. The number of halogens is 2. The lowest BCUT2D eigenvalue weighted by atomic mass is 9.97.